The van der Waals surface area contributed by atoms with Gasteiger partial charge in [0.05, 0.1) is 0 Å². The van der Waals surface area contributed by atoms with Crippen LogP contribution in [0.25, 0.3) is 0 Å². The number of hydrogen-bond donors (Lipinski definition) is 1. The first-order valence-corrected chi connectivity index (χ1v) is 6.80. The van der Waals surface area contributed by atoms with Crippen LogP contribution in [0, 0.1) is 11.8 Å². The van der Waals surface area contributed by atoms with Crippen LogP contribution in [0.2, 0.25) is 0 Å². The summed E-state index contributed by atoms with van der Waals surface area (Å²) in [6, 6.07) is -0.596. The zero-order valence-electron chi connectivity index (χ0n) is 11.4. The molecule has 1 unspecified atom stereocenters. The Bertz CT molecular complexity index is 432. The highest BCUT2D eigenvalue weighted by Gasteiger charge is 2.44. The SMILES string of the molecule is CC(C)=CCN1C(=O)NC(=O)C(C2CCCC2)C1=O. The number of rotatable bonds is 3. The van der Waals surface area contributed by atoms with Crippen molar-refractivity contribution in [2.24, 2.45) is 11.8 Å². The summed E-state index contributed by atoms with van der Waals surface area (Å²) in [7, 11) is 0. The molecule has 2 fully saturated rings. The minimum atomic E-state index is -0.675. The number of allylic oxidation sites excluding steroid dienone is 1. The molecule has 104 valence electrons. The van der Waals surface area contributed by atoms with Gasteiger partial charge >= 0.3 is 6.03 Å². The van der Waals surface area contributed by atoms with E-state index in [1.54, 1.807) is 0 Å². The zero-order valence-corrected chi connectivity index (χ0v) is 11.4. The molecule has 1 atom stereocenters. The third-order valence-corrected chi connectivity index (χ3v) is 3.84. The Morgan fingerprint density at radius 3 is 2.47 bits per heavy atom. The van der Waals surface area contributed by atoms with E-state index in [1.807, 2.05) is 19.9 Å². The lowest BCUT2D eigenvalue weighted by Crippen LogP contribution is -2.59. The highest BCUT2D eigenvalue weighted by molar-refractivity contribution is 6.16. The van der Waals surface area contributed by atoms with Crippen LogP contribution in [0.1, 0.15) is 39.5 Å². The molecule has 2 aliphatic rings. The van der Waals surface area contributed by atoms with Crippen LogP contribution in [-0.4, -0.2) is 29.3 Å². The standard InChI is InChI=1S/C14H20N2O3/c1-9(2)7-8-16-13(18)11(10-5-3-4-6-10)12(17)15-14(16)19/h7,10-11H,3-6,8H2,1-2H3,(H,15,17,19). The lowest BCUT2D eigenvalue weighted by Gasteiger charge is -2.32. The van der Waals surface area contributed by atoms with Crippen molar-refractivity contribution in [2.45, 2.75) is 39.5 Å². The van der Waals surface area contributed by atoms with Crippen LogP contribution < -0.4 is 5.32 Å². The predicted molar refractivity (Wildman–Crippen MR) is 70.1 cm³/mol. The number of carbonyl (C=O) groups excluding carboxylic acids is 3. The van der Waals surface area contributed by atoms with Crippen molar-refractivity contribution in [3.05, 3.63) is 11.6 Å². The molecular weight excluding hydrogens is 244 g/mol. The molecule has 0 bridgehead atoms. The smallest absolute Gasteiger partial charge is 0.277 e. The molecular formula is C14H20N2O3. The molecule has 1 N–H and O–H groups in total. The molecule has 1 aliphatic carbocycles. The quantitative estimate of drug-likeness (QED) is 0.624. The Kier molecular flexibility index (Phi) is 4.02. The van der Waals surface area contributed by atoms with Crippen LogP contribution in [0.3, 0.4) is 0 Å². The van der Waals surface area contributed by atoms with E-state index >= 15 is 0 Å². The molecule has 0 aromatic heterocycles. The molecule has 0 radical (unpaired) electrons. The zero-order chi connectivity index (χ0) is 14.0. The van der Waals surface area contributed by atoms with Crippen LogP contribution in [0.15, 0.2) is 11.6 Å². The summed E-state index contributed by atoms with van der Waals surface area (Å²) in [4.78, 5) is 37.1. The number of nitrogens with zero attached hydrogens (tertiary/aromatic N) is 1. The van der Waals surface area contributed by atoms with Gasteiger partial charge in [-0.3, -0.25) is 19.8 Å². The molecule has 1 saturated heterocycles. The molecule has 19 heavy (non-hydrogen) atoms. The monoisotopic (exact) mass is 264 g/mol. The van der Waals surface area contributed by atoms with Gasteiger partial charge in [-0.05, 0) is 32.6 Å². The minimum absolute atomic E-state index is 0.0924. The highest BCUT2D eigenvalue weighted by Crippen LogP contribution is 2.33. The molecule has 1 saturated carbocycles. The van der Waals surface area contributed by atoms with E-state index < -0.39 is 17.9 Å². The van der Waals surface area contributed by atoms with E-state index in [9.17, 15) is 14.4 Å². The van der Waals surface area contributed by atoms with Crippen LogP contribution in [-0.2, 0) is 9.59 Å². The van der Waals surface area contributed by atoms with Gasteiger partial charge in [-0.15, -0.1) is 0 Å². The van der Waals surface area contributed by atoms with E-state index in [2.05, 4.69) is 5.32 Å². The van der Waals surface area contributed by atoms with Crippen molar-refractivity contribution < 1.29 is 14.4 Å². The largest absolute Gasteiger partial charge is 0.331 e. The second-order valence-corrected chi connectivity index (χ2v) is 5.55. The molecule has 1 heterocycles. The topological polar surface area (TPSA) is 66.5 Å². The number of amides is 4. The van der Waals surface area contributed by atoms with Crippen LogP contribution >= 0.6 is 0 Å². The maximum atomic E-state index is 12.4. The third kappa shape index (κ3) is 2.85. The van der Waals surface area contributed by atoms with Crippen molar-refractivity contribution in [1.29, 1.82) is 0 Å². The Labute approximate surface area is 113 Å². The van der Waals surface area contributed by atoms with Gasteiger partial charge in [-0.1, -0.05) is 24.5 Å². The van der Waals surface area contributed by atoms with Gasteiger partial charge < -0.3 is 0 Å². The fraction of sp³-hybridized carbons (Fsp3) is 0.643. The molecule has 0 aromatic carbocycles. The third-order valence-electron chi connectivity index (χ3n) is 3.84. The summed E-state index contributed by atoms with van der Waals surface area (Å²) in [5.74, 6) is -1.34. The average Bonchev–Trinajstić information content (AvgIpc) is 2.81. The van der Waals surface area contributed by atoms with Crippen molar-refractivity contribution in [3.8, 4) is 0 Å². The van der Waals surface area contributed by atoms with Gasteiger partial charge in [-0.2, -0.15) is 0 Å². The summed E-state index contributed by atoms with van der Waals surface area (Å²) in [6.45, 7) is 4.06. The Hall–Kier alpha value is -1.65. The molecule has 2 rings (SSSR count). The van der Waals surface area contributed by atoms with E-state index in [0.29, 0.717) is 0 Å². The van der Waals surface area contributed by atoms with Gasteiger partial charge in [0.1, 0.15) is 5.92 Å². The summed E-state index contributed by atoms with van der Waals surface area (Å²) < 4.78 is 0. The lowest BCUT2D eigenvalue weighted by atomic mass is 9.87. The van der Waals surface area contributed by atoms with Crippen LogP contribution in [0.5, 0.6) is 0 Å². The summed E-state index contributed by atoms with van der Waals surface area (Å²) in [5.41, 5.74) is 1.04. The van der Waals surface area contributed by atoms with Gasteiger partial charge in [-0.25, -0.2) is 4.79 Å². The number of urea groups is 1. The Balaban J connectivity index is 2.16. The number of nitrogens with one attached hydrogen (secondary N) is 1. The Morgan fingerprint density at radius 2 is 1.89 bits per heavy atom. The second-order valence-electron chi connectivity index (χ2n) is 5.55. The summed E-state index contributed by atoms with van der Waals surface area (Å²) in [6.07, 6.45) is 5.73. The average molecular weight is 264 g/mol. The first kappa shape index (κ1) is 13.8. The van der Waals surface area contributed by atoms with Crippen molar-refractivity contribution in [3.63, 3.8) is 0 Å². The van der Waals surface area contributed by atoms with Crippen LogP contribution in [0.4, 0.5) is 4.79 Å². The number of barbiturate groups is 1. The normalized spacial score (nSPS) is 24.6. The van der Waals surface area contributed by atoms with Gasteiger partial charge in [0.25, 0.3) is 0 Å². The number of hydrogen-bond acceptors (Lipinski definition) is 3. The molecule has 5 heteroatoms. The first-order valence-electron chi connectivity index (χ1n) is 6.80. The molecule has 5 nitrogen and oxygen atoms in total. The molecule has 0 aromatic rings. The van der Waals surface area contributed by atoms with E-state index in [-0.39, 0.29) is 18.4 Å². The fourth-order valence-corrected chi connectivity index (χ4v) is 2.78. The number of carbonyl (C=O) groups is 3. The van der Waals surface area contributed by atoms with Gasteiger partial charge in [0, 0.05) is 6.54 Å². The van der Waals surface area contributed by atoms with Gasteiger partial charge in [0.2, 0.25) is 11.8 Å². The highest BCUT2D eigenvalue weighted by atomic mass is 16.2. The second kappa shape index (κ2) is 5.55. The van der Waals surface area contributed by atoms with E-state index in [0.717, 1.165) is 36.2 Å². The van der Waals surface area contributed by atoms with E-state index in [1.165, 1.54) is 0 Å². The maximum Gasteiger partial charge on any atom is 0.331 e. The summed E-state index contributed by atoms with van der Waals surface area (Å²) in [5, 5.41) is 2.31. The van der Waals surface area contributed by atoms with Crippen molar-refractivity contribution in [2.75, 3.05) is 6.54 Å². The van der Waals surface area contributed by atoms with Crippen molar-refractivity contribution >= 4 is 17.8 Å². The van der Waals surface area contributed by atoms with Gasteiger partial charge in [0.15, 0.2) is 0 Å². The summed E-state index contributed by atoms with van der Waals surface area (Å²) >= 11 is 0. The minimum Gasteiger partial charge on any atom is -0.277 e. The fourth-order valence-electron chi connectivity index (χ4n) is 2.78. The van der Waals surface area contributed by atoms with E-state index in [4.69, 9.17) is 0 Å². The molecule has 4 amide bonds. The predicted octanol–water partition coefficient (Wildman–Crippen LogP) is 1.84. The first-order chi connectivity index (χ1) is 9.00. The van der Waals surface area contributed by atoms with Crippen molar-refractivity contribution in [1.82, 2.24) is 10.2 Å². The molecule has 1 aliphatic heterocycles. The lowest BCUT2D eigenvalue weighted by molar-refractivity contribution is -0.144. The Morgan fingerprint density at radius 1 is 1.26 bits per heavy atom. The number of imide groups is 2. The molecule has 0 spiro atoms. The maximum absolute atomic E-state index is 12.4.